The summed E-state index contributed by atoms with van der Waals surface area (Å²) in [5.74, 6) is -0.822. The standard InChI is InChI=1S/C5H6N2O3/c8-3-1-2-6-5(9)4(3)7-10/h8H,1-2H2,(H,6,9). The summed E-state index contributed by atoms with van der Waals surface area (Å²) < 4.78 is 0. The van der Waals surface area contributed by atoms with Gasteiger partial charge in [-0.1, -0.05) is 0 Å². The van der Waals surface area contributed by atoms with Crippen molar-refractivity contribution in [3.05, 3.63) is 16.4 Å². The van der Waals surface area contributed by atoms with E-state index in [0.717, 1.165) is 0 Å². The van der Waals surface area contributed by atoms with Crippen LogP contribution in [0.25, 0.3) is 0 Å². The maximum Gasteiger partial charge on any atom is 0.277 e. The lowest BCUT2D eigenvalue weighted by molar-refractivity contribution is -0.118. The van der Waals surface area contributed by atoms with E-state index < -0.39 is 11.6 Å². The zero-order chi connectivity index (χ0) is 7.56. The zero-order valence-corrected chi connectivity index (χ0v) is 5.13. The topological polar surface area (TPSA) is 78.8 Å². The molecule has 10 heavy (non-hydrogen) atoms. The first-order chi connectivity index (χ1) is 4.75. The molecule has 0 aromatic carbocycles. The van der Waals surface area contributed by atoms with Gasteiger partial charge >= 0.3 is 0 Å². The molecule has 0 atom stereocenters. The van der Waals surface area contributed by atoms with Crippen molar-refractivity contribution in [3.8, 4) is 0 Å². The van der Waals surface area contributed by atoms with Crippen LogP contribution in [0, 0.1) is 4.91 Å². The second kappa shape index (κ2) is 2.47. The van der Waals surface area contributed by atoms with E-state index in [0.29, 0.717) is 6.54 Å². The number of hydrogen-bond donors (Lipinski definition) is 2. The molecule has 1 aliphatic heterocycles. The third kappa shape index (κ3) is 0.975. The van der Waals surface area contributed by atoms with Gasteiger partial charge in [-0.3, -0.25) is 4.79 Å². The van der Waals surface area contributed by atoms with Gasteiger partial charge in [-0.2, -0.15) is 0 Å². The van der Waals surface area contributed by atoms with E-state index in [-0.39, 0.29) is 12.2 Å². The van der Waals surface area contributed by atoms with Crippen molar-refractivity contribution in [2.45, 2.75) is 6.42 Å². The molecule has 0 unspecified atom stereocenters. The Labute approximate surface area is 56.7 Å². The van der Waals surface area contributed by atoms with Crippen molar-refractivity contribution in [1.82, 2.24) is 5.32 Å². The van der Waals surface area contributed by atoms with Crippen LogP contribution < -0.4 is 5.32 Å². The molecule has 0 radical (unpaired) electrons. The molecule has 0 aromatic heterocycles. The summed E-state index contributed by atoms with van der Waals surface area (Å²) >= 11 is 0. The van der Waals surface area contributed by atoms with Crippen LogP contribution >= 0.6 is 0 Å². The number of aliphatic hydroxyl groups is 1. The summed E-state index contributed by atoms with van der Waals surface area (Å²) in [6.45, 7) is 0.365. The number of amides is 1. The Morgan fingerprint density at radius 1 is 1.60 bits per heavy atom. The number of nitrogens with one attached hydrogen (secondary N) is 1. The highest BCUT2D eigenvalue weighted by Gasteiger charge is 2.19. The first-order valence-corrected chi connectivity index (χ1v) is 2.79. The molecule has 0 saturated heterocycles. The maximum atomic E-state index is 10.6. The molecular weight excluding hydrogens is 136 g/mol. The molecule has 0 spiro atoms. The lowest BCUT2D eigenvalue weighted by Crippen LogP contribution is -2.30. The summed E-state index contributed by atoms with van der Waals surface area (Å²) in [6, 6.07) is 0. The van der Waals surface area contributed by atoms with Crippen molar-refractivity contribution in [2.24, 2.45) is 5.18 Å². The van der Waals surface area contributed by atoms with Gasteiger partial charge in [-0.15, -0.1) is 4.91 Å². The van der Waals surface area contributed by atoms with Gasteiger partial charge in [0.1, 0.15) is 5.76 Å². The normalized spacial score (nSPS) is 18.6. The van der Waals surface area contributed by atoms with Crippen LogP contribution in [-0.2, 0) is 4.79 Å². The predicted molar refractivity (Wildman–Crippen MR) is 33.1 cm³/mol. The molecule has 5 heteroatoms. The largest absolute Gasteiger partial charge is 0.510 e. The van der Waals surface area contributed by atoms with Crippen LogP contribution in [0.2, 0.25) is 0 Å². The molecule has 1 aliphatic rings. The van der Waals surface area contributed by atoms with E-state index in [1.807, 2.05) is 0 Å². The van der Waals surface area contributed by atoms with Crippen LogP contribution in [0.15, 0.2) is 16.6 Å². The molecule has 0 fully saturated rings. The zero-order valence-electron chi connectivity index (χ0n) is 5.13. The van der Waals surface area contributed by atoms with Crippen molar-refractivity contribution < 1.29 is 9.90 Å². The van der Waals surface area contributed by atoms with E-state index in [9.17, 15) is 9.70 Å². The number of nitroso groups, excluding NO2 is 1. The Balaban J connectivity index is 2.94. The van der Waals surface area contributed by atoms with E-state index in [2.05, 4.69) is 10.5 Å². The Morgan fingerprint density at radius 2 is 2.30 bits per heavy atom. The van der Waals surface area contributed by atoms with Crippen LogP contribution in [0.3, 0.4) is 0 Å². The van der Waals surface area contributed by atoms with Gasteiger partial charge in [0, 0.05) is 13.0 Å². The average Bonchev–Trinajstić information content (AvgIpc) is 1.88. The highest BCUT2D eigenvalue weighted by Crippen LogP contribution is 2.10. The maximum absolute atomic E-state index is 10.6. The molecule has 2 N–H and O–H groups in total. The van der Waals surface area contributed by atoms with Crippen LogP contribution in [-0.4, -0.2) is 17.6 Å². The summed E-state index contributed by atoms with van der Waals surface area (Å²) in [7, 11) is 0. The molecule has 54 valence electrons. The van der Waals surface area contributed by atoms with Crippen LogP contribution in [0.5, 0.6) is 0 Å². The van der Waals surface area contributed by atoms with E-state index in [1.165, 1.54) is 0 Å². The van der Waals surface area contributed by atoms with Crippen molar-refractivity contribution in [2.75, 3.05) is 6.54 Å². The van der Waals surface area contributed by atoms with Crippen LogP contribution in [0.1, 0.15) is 6.42 Å². The number of aliphatic hydroxyl groups excluding tert-OH is 1. The molecule has 0 aliphatic carbocycles. The minimum Gasteiger partial charge on any atom is -0.510 e. The summed E-state index contributed by atoms with van der Waals surface area (Å²) in [4.78, 5) is 20.5. The molecule has 1 rings (SSSR count). The summed E-state index contributed by atoms with van der Waals surface area (Å²) in [5, 5.41) is 13.6. The van der Waals surface area contributed by atoms with Crippen molar-refractivity contribution in [1.29, 1.82) is 0 Å². The van der Waals surface area contributed by atoms with Gasteiger partial charge in [-0.25, -0.2) is 0 Å². The molecule has 0 bridgehead atoms. The Bertz CT molecular complexity index is 209. The highest BCUT2D eigenvalue weighted by molar-refractivity contribution is 5.94. The molecule has 0 saturated carbocycles. The fraction of sp³-hybridized carbons (Fsp3) is 0.400. The lowest BCUT2D eigenvalue weighted by atomic mass is 10.2. The lowest BCUT2D eigenvalue weighted by Gasteiger charge is -2.10. The molecule has 0 aromatic rings. The molecule has 1 heterocycles. The van der Waals surface area contributed by atoms with E-state index >= 15 is 0 Å². The van der Waals surface area contributed by atoms with Crippen LogP contribution in [0.4, 0.5) is 0 Å². The second-order valence-electron chi connectivity index (χ2n) is 1.89. The number of carbonyl (C=O) groups is 1. The highest BCUT2D eigenvalue weighted by atomic mass is 16.3. The predicted octanol–water partition coefficient (Wildman–Crippen LogP) is 0.0423. The second-order valence-corrected chi connectivity index (χ2v) is 1.89. The summed E-state index contributed by atoms with van der Waals surface area (Å²) in [5.41, 5.74) is -0.397. The van der Waals surface area contributed by atoms with E-state index in [1.54, 1.807) is 0 Å². The fourth-order valence-electron chi connectivity index (χ4n) is 0.722. The quantitative estimate of drug-likeness (QED) is 0.507. The fourth-order valence-corrected chi connectivity index (χ4v) is 0.722. The smallest absolute Gasteiger partial charge is 0.277 e. The Kier molecular flexibility index (Phi) is 1.66. The number of nitrogens with zero attached hydrogens (tertiary/aromatic N) is 1. The van der Waals surface area contributed by atoms with Gasteiger partial charge in [0.05, 0.1) is 0 Å². The average molecular weight is 142 g/mol. The Hall–Kier alpha value is -1.39. The van der Waals surface area contributed by atoms with Crippen molar-refractivity contribution >= 4 is 5.91 Å². The SMILES string of the molecule is O=NC1=C(O)CCNC1=O. The minimum absolute atomic E-state index is 0.223. The molecule has 5 nitrogen and oxygen atoms in total. The minimum atomic E-state index is -0.598. The van der Waals surface area contributed by atoms with Gasteiger partial charge in [0.2, 0.25) is 5.70 Å². The van der Waals surface area contributed by atoms with Gasteiger partial charge < -0.3 is 10.4 Å². The van der Waals surface area contributed by atoms with E-state index in [4.69, 9.17) is 5.11 Å². The monoisotopic (exact) mass is 142 g/mol. The first kappa shape index (κ1) is 6.73. The molecule has 1 amide bonds. The third-order valence-corrected chi connectivity index (χ3v) is 1.23. The number of rotatable bonds is 1. The number of carbonyl (C=O) groups excluding carboxylic acids is 1. The summed E-state index contributed by atoms with van der Waals surface area (Å²) in [6.07, 6.45) is 0.285. The first-order valence-electron chi connectivity index (χ1n) is 2.79. The van der Waals surface area contributed by atoms with Gasteiger partial charge in [-0.05, 0) is 5.18 Å². The third-order valence-electron chi connectivity index (χ3n) is 1.23. The molecular formula is C5H6N2O3. The number of hydrogen-bond acceptors (Lipinski definition) is 4. The van der Waals surface area contributed by atoms with Crippen molar-refractivity contribution in [3.63, 3.8) is 0 Å². The van der Waals surface area contributed by atoms with Gasteiger partial charge in [0.15, 0.2) is 0 Å². The van der Waals surface area contributed by atoms with Gasteiger partial charge in [0.25, 0.3) is 5.91 Å². The Morgan fingerprint density at radius 3 is 2.70 bits per heavy atom.